The molecule has 1 N–H and O–H groups in total. The number of hydrogen-bond donors (Lipinski definition) is 1. The highest BCUT2D eigenvalue weighted by Crippen LogP contribution is 2.29. The van der Waals surface area contributed by atoms with Crippen LogP contribution in [0.15, 0.2) is 35.5 Å². The van der Waals surface area contributed by atoms with Crippen LogP contribution in [0.4, 0.5) is 11.4 Å². The van der Waals surface area contributed by atoms with Crippen LogP contribution in [0.1, 0.15) is 18.3 Å². The molecule has 1 aromatic carbocycles. The Hall–Kier alpha value is -2.94. The third kappa shape index (κ3) is 4.66. The van der Waals surface area contributed by atoms with Gasteiger partial charge in [0.05, 0.1) is 17.1 Å². The standard InChI is InChI=1S/C19H20N4O4S/c1-11-8-12(2)21-19(20-11)28-10-17(25)27-13(3)18(26)23-9-16(24)22-14-6-4-5-7-15(14)23/h4-8,13H,9-10H2,1-3H3,(H,22,24)/t13-/m1/s1. The van der Waals surface area contributed by atoms with E-state index < -0.39 is 18.0 Å². The van der Waals surface area contributed by atoms with Crippen LogP contribution < -0.4 is 10.2 Å². The Morgan fingerprint density at radius 1 is 1.25 bits per heavy atom. The largest absolute Gasteiger partial charge is 0.452 e. The van der Waals surface area contributed by atoms with E-state index in [1.54, 1.807) is 24.3 Å². The van der Waals surface area contributed by atoms with Gasteiger partial charge in [0, 0.05) is 11.4 Å². The summed E-state index contributed by atoms with van der Waals surface area (Å²) >= 11 is 1.15. The molecule has 0 bridgehead atoms. The van der Waals surface area contributed by atoms with Gasteiger partial charge in [-0.3, -0.25) is 19.3 Å². The van der Waals surface area contributed by atoms with Crippen LogP contribution in [0.3, 0.4) is 0 Å². The van der Waals surface area contributed by atoms with Crippen molar-refractivity contribution in [1.29, 1.82) is 0 Å². The number of ether oxygens (including phenoxy) is 1. The molecule has 2 aromatic rings. The highest BCUT2D eigenvalue weighted by molar-refractivity contribution is 7.99. The number of thioether (sulfide) groups is 1. The fraction of sp³-hybridized carbons (Fsp3) is 0.316. The lowest BCUT2D eigenvalue weighted by Gasteiger charge is -2.30. The van der Waals surface area contributed by atoms with Crippen LogP contribution in [-0.2, 0) is 19.1 Å². The number of aryl methyl sites for hydroxylation is 2. The Bertz CT molecular complexity index is 914. The average molecular weight is 400 g/mol. The average Bonchev–Trinajstić information content (AvgIpc) is 2.64. The molecule has 0 fully saturated rings. The zero-order valence-corrected chi connectivity index (χ0v) is 16.6. The van der Waals surface area contributed by atoms with Gasteiger partial charge in [-0.15, -0.1) is 0 Å². The molecular formula is C19H20N4O4S. The molecule has 146 valence electrons. The minimum Gasteiger partial charge on any atom is -0.452 e. The normalized spacial score (nSPS) is 14.1. The van der Waals surface area contributed by atoms with Crippen molar-refractivity contribution in [3.63, 3.8) is 0 Å². The molecule has 1 atom stereocenters. The Balaban J connectivity index is 1.61. The van der Waals surface area contributed by atoms with Crippen molar-refractivity contribution in [2.45, 2.75) is 32.0 Å². The van der Waals surface area contributed by atoms with Crippen LogP contribution in [0.2, 0.25) is 0 Å². The second-order valence-corrected chi connectivity index (χ2v) is 7.29. The van der Waals surface area contributed by atoms with Crippen LogP contribution in [0, 0.1) is 13.8 Å². The smallest absolute Gasteiger partial charge is 0.317 e. The Morgan fingerprint density at radius 2 is 1.93 bits per heavy atom. The molecular weight excluding hydrogens is 380 g/mol. The Kier molecular flexibility index (Phi) is 5.93. The number of para-hydroxylation sites is 2. The summed E-state index contributed by atoms with van der Waals surface area (Å²) < 4.78 is 5.26. The van der Waals surface area contributed by atoms with E-state index in [1.165, 1.54) is 11.8 Å². The number of benzene rings is 1. The Labute approximate surface area is 166 Å². The van der Waals surface area contributed by atoms with E-state index in [4.69, 9.17) is 4.74 Å². The van der Waals surface area contributed by atoms with Crippen molar-refractivity contribution in [3.05, 3.63) is 41.7 Å². The van der Waals surface area contributed by atoms with E-state index in [1.807, 2.05) is 19.9 Å². The van der Waals surface area contributed by atoms with Gasteiger partial charge in [-0.2, -0.15) is 0 Å². The predicted octanol–water partition coefficient (Wildman–Crippen LogP) is 2.10. The summed E-state index contributed by atoms with van der Waals surface area (Å²) in [7, 11) is 0. The molecule has 1 aromatic heterocycles. The number of anilines is 2. The third-order valence-corrected chi connectivity index (χ3v) is 4.79. The molecule has 28 heavy (non-hydrogen) atoms. The van der Waals surface area contributed by atoms with Gasteiger partial charge in [-0.25, -0.2) is 9.97 Å². The van der Waals surface area contributed by atoms with Crippen LogP contribution in [0.25, 0.3) is 0 Å². The molecule has 9 heteroatoms. The fourth-order valence-electron chi connectivity index (χ4n) is 2.81. The van der Waals surface area contributed by atoms with Gasteiger partial charge < -0.3 is 10.1 Å². The first kappa shape index (κ1) is 19.8. The molecule has 2 heterocycles. The van der Waals surface area contributed by atoms with Crippen LogP contribution in [-0.4, -0.2) is 46.2 Å². The number of carbonyl (C=O) groups excluding carboxylic acids is 3. The first-order valence-corrected chi connectivity index (χ1v) is 9.67. The molecule has 0 saturated carbocycles. The molecule has 1 aliphatic heterocycles. The molecule has 8 nitrogen and oxygen atoms in total. The van der Waals surface area contributed by atoms with Gasteiger partial charge in [-0.1, -0.05) is 23.9 Å². The molecule has 3 rings (SSSR count). The van der Waals surface area contributed by atoms with E-state index >= 15 is 0 Å². The van der Waals surface area contributed by atoms with E-state index in [9.17, 15) is 14.4 Å². The van der Waals surface area contributed by atoms with Gasteiger partial charge in [0.1, 0.15) is 6.54 Å². The minimum absolute atomic E-state index is 0.0163. The van der Waals surface area contributed by atoms with Gasteiger partial charge in [0.15, 0.2) is 11.3 Å². The fourth-order valence-corrected chi connectivity index (χ4v) is 3.54. The summed E-state index contributed by atoms with van der Waals surface area (Å²) in [6, 6.07) is 8.82. The quantitative estimate of drug-likeness (QED) is 0.466. The van der Waals surface area contributed by atoms with Crippen molar-refractivity contribution >= 4 is 40.9 Å². The number of carbonyl (C=O) groups is 3. The lowest BCUT2D eigenvalue weighted by atomic mass is 10.1. The molecule has 0 aliphatic carbocycles. The van der Waals surface area contributed by atoms with E-state index in [-0.39, 0.29) is 18.2 Å². The lowest BCUT2D eigenvalue weighted by Crippen LogP contribution is -2.47. The zero-order valence-electron chi connectivity index (χ0n) is 15.8. The van der Waals surface area contributed by atoms with Crippen molar-refractivity contribution in [2.24, 2.45) is 0 Å². The summed E-state index contributed by atoms with van der Waals surface area (Å²) in [5.74, 6) is -1.32. The molecule has 0 saturated heterocycles. The Morgan fingerprint density at radius 3 is 2.64 bits per heavy atom. The maximum atomic E-state index is 12.7. The molecule has 1 aliphatic rings. The van der Waals surface area contributed by atoms with E-state index in [0.717, 1.165) is 23.1 Å². The minimum atomic E-state index is -1.02. The first-order valence-electron chi connectivity index (χ1n) is 8.68. The second-order valence-electron chi connectivity index (χ2n) is 6.34. The molecule has 0 radical (unpaired) electrons. The number of aromatic nitrogens is 2. The molecule has 0 unspecified atom stereocenters. The number of amides is 2. The monoisotopic (exact) mass is 400 g/mol. The summed E-state index contributed by atoms with van der Waals surface area (Å²) in [5, 5.41) is 3.20. The molecule has 2 amide bonds. The summed E-state index contributed by atoms with van der Waals surface area (Å²) in [6.45, 7) is 5.07. The van der Waals surface area contributed by atoms with Gasteiger partial charge in [0.2, 0.25) is 5.91 Å². The molecule has 0 spiro atoms. The number of rotatable bonds is 5. The van der Waals surface area contributed by atoms with Crippen molar-refractivity contribution < 1.29 is 19.1 Å². The number of nitrogens with zero attached hydrogens (tertiary/aromatic N) is 3. The van der Waals surface area contributed by atoms with Crippen molar-refractivity contribution in [3.8, 4) is 0 Å². The highest BCUT2D eigenvalue weighted by atomic mass is 32.2. The summed E-state index contributed by atoms with van der Waals surface area (Å²) in [4.78, 5) is 46.6. The lowest BCUT2D eigenvalue weighted by molar-refractivity contribution is -0.151. The number of esters is 1. The summed E-state index contributed by atoms with van der Waals surface area (Å²) in [5.41, 5.74) is 2.75. The van der Waals surface area contributed by atoms with Crippen molar-refractivity contribution in [1.82, 2.24) is 9.97 Å². The zero-order chi connectivity index (χ0) is 20.3. The summed E-state index contributed by atoms with van der Waals surface area (Å²) in [6.07, 6.45) is -1.02. The SMILES string of the molecule is Cc1cc(C)nc(SCC(=O)O[C@H](C)C(=O)N2CC(=O)Nc3ccccc32)n1. The maximum Gasteiger partial charge on any atom is 0.317 e. The third-order valence-electron chi connectivity index (χ3n) is 3.97. The van der Waals surface area contributed by atoms with Crippen LogP contribution in [0.5, 0.6) is 0 Å². The highest BCUT2D eigenvalue weighted by Gasteiger charge is 2.31. The predicted molar refractivity (Wildman–Crippen MR) is 105 cm³/mol. The van der Waals surface area contributed by atoms with Gasteiger partial charge >= 0.3 is 5.97 Å². The van der Waals surface area contributed by atoms with Gasteiger partial charge in [0.25, 0.3) is 5.91 Å². The van der Waals surface area contributed by atoms with Crippen molar-refractivity contribution in [2.75, 3.05) is 22.5 Å². The number of hydrogen-bond acceptors (Lipinski definition) is 7. The van der Waals surface area contributed by atoms with E-state index in [2.05, 4.69) is 15.3 Å². The number of nitrogens with one attached hydrogen (secondary N) is 1. The second kappa shape index (κ2) is 8.39. The van der Waals surface area contributed by atoms with E-state index in [0.29, 0.717) is 16.5 Å². The maximum absolute atomic E-state index is 12.7. The van der Waals surface area contributed by atoms with Gasteiger partial charge in [-0.05, 0) is 39.0 Å². The first-order chi connectivity index (χ1) is 13.3. The topological polar surface area (TPSA) is 101 Å². The number of fused-ring (bicyclic) bond motifs is 1. The van der Waals surface area contributed by atoms with Crippen LogP contribution >= 0.6 is 11.8 Å².